The summed E-state index contributed by atoms with van der Waals surface area (Å²) < 4.78 is 6.10. The number of ether oxygens (including phenoxy) is 1. The molecule has 2 atom stereocenters. The van der Waals surface area contributed by atoms with Crippen LogP contribution in [-0.4, -0.2) is 29.8 Å². The smallest absolute Gasteiger partial charge is 0.251 e. The zero-order valence-corrected chi connectivity index (χ0v) is 11.7. The second-order valence-corrected chi connectivity index (χ2v) is 5.33. The molecule has 98 valence electrons. The molecule has 1 aliphatic heterocycles. The standard InChI is InChI=1S/C13H16BrNO3/c1-8(12-3-2-6-18-12)15-13(17)9-4-5-10(14)11(16)7-9/h4-5,7-8,12,16H,2-3,6H2,1H3,(H,15,17). The first-order valence-electron chi connectivity index (χ1n) is 5.99. The minimum Gasteiger partial charge on any atom is -0.507 e. The van der Waals surface area contributed by atoms with Crippen molar-refractivity contribution in [1.82, 2.24) is 5.32 Å². The molecule has 0 saturated carbocycles. The number of phenolic OH excluding ortho intramolecular Hbond substituents is 1. The maximum Gasteiger partial charge on any atom is 0.251 e. The van der Waals surface area contributed by atoms with Crippen molar-refractivity contribution in [2.75, 3.05) is 6.61 Å². The van der Waals surface area contributed by atoms with Crippen molar-refractivity contribution >= 4 is 21.8 Å². The van der Waals surface area contributed by atoms with Crippen molar-refractivity contribution in [3.8, 4) is 5.75 Å². The first-order chi connectivity index (χ1) is 8.58. The second-order valence-electron chi connectivity index (χ2n) is 4.48. The molecule has 1 aliphatic rings. The summed E-state index contributed by atoms with van der Waals surface area (Å²) in [4.78, 5) is 12.0. The van der Waals surface area contributed by atoms with E-state index in [4.69, 9.17) is 4.74 Å². The van der Waals surface area contributed by atoms with Crippen LogP contribution in [0, 0.1) is 0 Å². The first-order valence-corrected chi connectivity index (χ1v) is 6.78. The molecule has 1 heterocycles. The van der Waals surface area contributed by atoms with Gasteiger partial charge in [0.15, 0.2) is 0 Å². The number of carbonyl (C=O) groups is 1. The van der Waals surface area contributed by atoms with Gasteiger partial charge in [-0.1, -0.05) is 0 Å². The quantitative estimate of drug-likeness (QED) is 0.901. The predicted octanol–water partition coefficient (Wildman–Crippen LogP) is 2.45. The van der Waals surface area contributed by atoms with E-state index in [0.29, 0.717) is 10.0 Å². The van der Waals surface area contributed by atoms with Gasteiger partial charge in [0.1, 0.15) is 5.75 Å². The van der Waals surface area contributed by atoms with E-state index in [0.717, 1.165) is 19.4 Å². The number of amides is 1. The Morgan fingerprint density at radius 2 is 2.39 bits per heavy atom. The van der Waals surface area contributed by atoms with Crippen LogP contribution < -0.4 is 5.32 Å². The van der Waals surface area contributed by atoms with Crippen LogP contribution in [0.15, 0.2) is 22.7 Å². The molecule has 1 aromatic rings. The SMILES string of the molecule is CC(NC(=O)c1ccc(Br)c(O)c1)C1CCCO1. The fourth-order valence-corrected chi connectivity index (χ4v) is 2.28. The Balaban J connectivity index is 2.00. The summed E-state index contributed by atoms with van der Waals surface area (Å²) in [7, 11) is 0. The monoisotopic (exact) mass is 313 g/mol. The molecule has 0 aliphatic carbocycles. The van der Waals surface area contributed by atoms with Crippen molar-refractivity contribution in [1.29, 1.82) is 0 Å². The minimum atomic E-state index is -0.194. The number of hydrogen-bond donors (Lipinski definition) is 2. The van der Waals surface area contributed by atoms with Crippen LogP contribution in [0.5, 0.6) is 5.75 Å². The lowest BCUT2D eigenvalue weighted by atomic mass is 10.1. The van der Waals surface area contributed by atoms with Gasteiger partial charge in [-0.2, -0.15) is 0 Å². The van der Waals surface area contributed by atoms with E-state index in [1.807, 2.05) is 6.92 Å². The Bertz CT molecular complexity index is 444. The highest BCUT2D eigenvalue weighted by Crippen LogP contribution is 2.24. The lowest BCUT2D eigenvalue weighted by Gasteiger charge is -2.20. The highest BCUT2D eigenvalue weighted by Gasteiger charge is 2.24. The predicted molar refractivity (Wildman–Crippen MR) is 71.7 cm³/mol. The third-order valence-corrected chi connectivity index (χ3v) is 3.76. The lowest BCUT2D eigenvalue weighted by Crippen LogP contribution is -2.40. The summed E-state index contributed by atoms with van der Waals surface area (Å²) in [6, 6.07) is 4.75. The van der Waals surface area contributed by atoms with Gasteiger partial charge < -0.3 is 15.2 Å². The summed E-state index contributed by atoms with van der Waals surface area (Å²) in [6.45, 7) is 2.70. The van der Waals surface area contributed by atoms with E-state index in [9.17, 15) is 9.90 Å². The largest absolute Gasteiger partial charge is 0.507 e. The number of nitrogens with one attached hydrogen (secondary N) is 1. The van der Waals surface area contributed by atoms with Gasteiger partial charge in [0, 0.05) is 12.2 Å². The van der Waals surface area contributed by atoms with Crippen LogP contribution in [0.4, 0.5) is 0 Å². The average Bonchev–Trinajstić information content (AvgIpc) is 2.86. The molecule has 4 nitrogen and oxygen atoms in total. The van der Waals surface area contributed by atoms with Crippen LogP contribution in [0.2, 0.25) is 0 Å². The average molecular weight is 314 g/mol. The number of rotatable bonds is 3. The molecule has 5 heteroatoms. The zero-order chi connectivity index (χ0) is 13.1. The Kier molecular flexibility index (Phi) is 4.24. The van der Waals surface area contributed by atoms with Gasteiger partial charge in [0.2, 0.25) is 0 Å². The molecule has 0 bridgehead atoms. The third-order valence-electron chi connectivity index (χ3n) is 3.09. The van der Waals surface area contributed by atoms with Crippen molar-refractivity contribution in [3.63, 3.8) is 0 Å². The first kappa shape index (κ1) is 13.4. The van der Waals surface area contributed by atoms with Crippen LogP contribution in [0.3, 0.4) is 0 Å². The summed E-state index contributed by atoms with van der Waals surface area (Å²) in [6.07, 6.45) is 2.12. The Labute approximate surface area is 114 Å². The third kappa shape index (κ3) is 3.03. The highest BCUT2D eigenvalue weighted by atomic mass is 79.9. The van der Waals surface area contributed by atoms with E-state index >= 15 is 0 Å². The molecular formula is C13H16BrNO3. The summed E-state index contributed by atoms with van der Waals surface area (Å²) in [5.74, 6) is -0.131. The van der Waals surface area contributed by atoms with E-state index in [2.05, 4.69) is 21.2 Å². The number of carbonyl (C=O) groups excluding carboxylic acids is 1. The van der Waals surface area contributed by atoms with Gasteiger partial charge in [0.25, 0.3) is 5.91 Å². The number of benzene rings is 1. The molecule has 18 heavy (non-hydrogen) atoms. The molecule has 2 N–H and O–H groups in total. The van der Waals surface area contributed by atoms with Gasteiger partial charge in [0.05, 0.1) is 16.6 Å². The molecular weight excluding hydrogens is 298 g/mol. The second kappa shape index (κ2) is 5.71. The number of hydrogen-bond acceptors (Lipinski definition) is 3. The van der Waals surface area contributed by atoms with Gasteiger partial charge >= 0.3 is 0 Å². The summed E-state index contributed by atoms with van der Waals surface area (Å²) in [5, 5.41) is 12.4. The molecule has 1 fully saturated rings. The highest BCUT2D eigenvalue weighted by molar-refractivity contribution is 9.10. The van der Waals surface area contributed by atoms with Crippen LogP contribution in [0.1, 0.15) is 30.1 Å². The Morgan fingerprint density at radius 1 is 1.61 bits per heavy atom. The Hall–Kier alpha value is -1.07. The van der Waals surface area contributed by atoms with Crippen molar-refractivity contribution in [2.45, 2.75) is 31.9 Å². The molecule has 0 aromatic heterocycles. The molecule has 1 saturated heterocycles. The number of phenols is 1. The maximum absolute atomic E-state index is 12.0. The number of halogens is 1. The molecule has 0 radical (unpaired) electrons. The topological polar surface area (TPSA) is 58.6 Å². The fourth-order valence-electron chi connectivity index (χ4n) is 2.03. The molecule has 2 unspecified atom stereocenters. The van der Waals surface area contributed by atoms with E-state index in [-0.39, 0.29) is 23.8 Å². The van der Waals surface area contributed by atoms with E-state index in [1.54, 1.807) is 12.1 Å². The molecule has 1 amide bonds. The van der Waals surface area contributed by atoms with Crippen molar-refractivity contribution in [2.24, 2.45) is 0 Å². The van der Waals surface area contributed by atoms with E-state index < -0.39 is 0 Å². The fraction of sp³-hybridized carbons (Fsp3) is 0.462. The van der Waals surface area contributed by atoms with Crippen LogP contribution >= 0.6 is 15.9 Å². The molecule has 2 rings (SSSR count). The van der Waals surface area contributed by atoms with Gasteiger partial charge in [-0.3, -0.25) is 4.79 Å². The van der Waals surface area contributed by atoms with Crippen LogP contribution in [-0.2, 0) is 4.74 Å². The Morgan fingerprint density at radius 3 is 3.00 bits per heavy atom. The van der Waals surface area contributed by atoms with Gasteiger partial charge in [-0.05, 0) is 53.9 Å². The number of aromatic hydroxyl groups is 1. The van der Waals surface area contributed by atoms with Crippen molar-refractivity contribution in [3.05, 3.63) is 28.2 Å². The zero-order valence-electron chi connectivity index (χ0n) is 10.1. The summed E-state index contributed by atoms with van der Waals surface area (Å²) >= 11 is 3.18. The van der Waals surface area contributed by atoms with Crippen LogP contribution in [0.25, 0.3) is 0 Å². The van der Waals surface area contributed by atoms with E-state index in [1.165, 1.54) is 6.07 Å². The summed E-state index contributed by atoms with van der Waals surface area (Å²) in [5.41, 5.74) is 0.445. The van der Waals surface area contributed by atoms with Gasteiger partial charge in [-0.15, -0.1) is 0 Å². The minimum absolute atomic E-state index is 0.0224. The van der Waals surface area contributed by atoms with Gasteiger partial charge in [-0.25, -0.2) is 0 Å². The normalized spacial score (nSPS) is 20.7. The maximum atomic E-state index is 12.0. The lowest BCUT2D eigenvalue weighted by molar-refractivity contribution is 0.0712. The van der Waals surface area contributed by atoms with Crippen molar-refractivity contribution < 1.29 is 14.6 Å². The molecule has 0 spiro atoms. The molecule has 1 aromatic carbocycles.